The fourth-order valence-corrected chi connectivity index (χ4v) is 2.49. The number of aromatic nitrogens is 1. The molecule has 0 atom stereocenters. The fourth-order valence-electron chi connectivity index (χ4n) is 1.53. The molecule has 0 saturated heterocycles. The summed E-state index contributed by atoms with van der Waals surface area (Å²) in [5.41, 5.74) is 0.880. The van der Waals surface area contributed by atoms with E-state index in [1.54, 1.807) is 29.4 Å². The number of halogens is 1. The third kappa shape index (κ3) is 4.07. The summed E-state index contributed by atoms with van der Waals surface area (Å²) < 4.78 is 6.02. The van der Waals surface area contributed by atoms with Gasteiger partial charge >= 0.3 is 6.03 Å². The maximum Gasteiger partial charge on any atom is 0.317 e. The molecule has 0 bridgehead atoms. The number of amides is 2. The van der Waals surface area contributed by atoms with Crippen molar-refractivity contribution in [2.24, 2.45) is 0 Å². The Hall–Kier alpha value is -1.34. The van der Waals surface area contributed by atoms with Crippen LogP contribution in [0.15, 0.2) is 26.6 Å². The van der Waals surface area contributed by atoms with Gasteiger partial charge in [0, 0.05) is 12.4 Å². The first kappa shape index (κ1) is 14.1. The summed E-state index contributed by atoms with van der Waals surface area (Å²) in [7, 11) is 1.72. The van der Waals surface area contributed by atoms with Gasteiger partial charge in [-0.05, 0) is 35.0 Å². The van der Waals surface area contributed by atoms with Gasteiger partial charge in [-0.3, -0.25) is 0 Å². The van der Waals surface area contributed by atoms with E-state index in [1.807, 2.05) is 18.4 Å². The van der Waals surface area contributed by atoms with Crippen molar-refractivity contribution in [2.75, 3.05) is 7.05 Å². The molecule has 0 aliphatic heterocycles. The minimum Gasteiger partial charge on any atom is -0.452 e. The van der Waals surface area contributed by atoms with Crippen LogP contribution < -0.4 is 5.32 Å². The van der Waals surface area contributed by atoms with E-state index in [2.05, 4.69) is 26.2 Å². The van der Waals surface area contributed by atoms with E-state index < -0.39 is 0 Å². The molecule has 102 valence electrons. The summed E-state index contributed by atoms with van der Waals surface area (Å²) in [5.74, 6) is 0.731. The molecule has 1 N–H and O–H groups in total. The second-order valence-electron chi connectivity index (χ2n) is 4.08. The van der Waals surface area contributed by atoms with Crippen LogP contribution in [0.25, 0.3) is 0 Å². The fraction of sp³-hybridized carbons (Fsp3) is 0.333. The van der Waals surface area contributed by atoms with E-state index in [0.717, 1.165) is 16.5 Å². The molecule has 2 amide bonds. The highest BCUT2D eigenvalue weighted by molar-refractivity contribution is 9.10. The third-order valence-corrected chi connectivity index (χ3v) is 3.70. The normalized spacial score (nSPS) is 10.5. The van der Waals surface area contributed by atoms with Crippen LogP contribution in [-0.4, -0.2) is 23.0 Å². The van der Waals surface area contributed by atoms with Crippen LogP contribution in [0.2, 0.25) is 0 Å². The Morgan fingerprint density at radius 2 is 2.37 bits per heavy atom. The van der Waals surface area contributed by atoms with Crippen LogP contribution in [0.3, 0.4) is 0 Å². The largest absolute Gasteiger partial charge is 0.452 e. The van der Waals surface area contributed by atoms with Crippen LogP contribution in [0.1, 0.15) is 16.5 Å². The number of nitrogens with one attached hydrogen (secondary N) is 1. The van der Waals surface area contributed by atoms with Gasteiger partial charge in [0.05, 0.1) is 23.8 Å². The quantitative estimate of drug-likeness (QED) is 0.927. The molecule has 0 spiro atoms. The highest BCUT2D eigenvalue weighted by Crippen LogP contribution is 2.15. The van der Waals surface area contributed by atoms with Gasteiger partial charge in [-0.1, -0.05) is 0 Å². The highest BCUT2D eigenvalue weighted by Gasteiger charge is 2.11. The minimum atomic E-state index is -0.154. The summed E-state index contributed by atoms with van der Waals surface area (Å²) in [6.07, 6.45) is 0. The van der Waals surface area contributed by atoms with Gasteiger partial charge in [0.1, 0.15) is 5.76 Å². The Bertz CT molecular complexity index is 567. The number of hydrogen-bond acceptors (Lipinski definition) is 4. The molecule has 2 aromatic rings. The molecule has 7 heteroatoms. The lowest BCUT2D eigenvalue weighted by Gasteiger charge is -2.16. The number of furan rings is 1. The number of rotatable bonds is 4. The number of urea groups is 1. The van der Waals surface area contributed by atoms with Crippen molar-refractivity contribution in [1.82, 2.24) is 15.2 Å². The Labute approximate surface area is 123 Å². The van der Waals surface area contributed by atoms with Gasteiger partial charge in [-0.15, -0.1) is 11.3 Å². The molecule has 0 aromatic carbocycles. The number of carbonyl (C=O) groups is 1. The predicted molar refractivity (Wildman–Crippen MR) is 77.0 cm³/mol. The first-order valence-electron chi connectivity index (χ1n) is 5.69. The number of hydrogen-bond donors (Lipinski definition) is 1. The predicted octanol–water partition coefficient (Wildman–Crippen LogP) is 3.15. The SMILES string of the molecule is Cc1nc(CNC(=O)N(C)Cc2ccc(Br)o2)cs1. The standard InChI is InChI=1S/C12H14BrN3O2S/c1-8-15-9(7-19-8)5-14-12(17)16(2)6-10-3-4-11(13)18-10/h3-4,7H,5-6H2,1-2H3,(H,14,17). The maximum atomic E-state index is 11.9. The number of nitrogens with zero attached hydrogens (tertiary/aromatic N) is 2. The van der Waals surface area contributed by atoms with E-state index >= 15 is 0 Å². The number of thiazole rings is 1. The van der Waals surface area contributed by atoms with E-state index in [1.165, 1.54) is 0 Å². The first-order valence-corrected chi connectivity index (χ1v) is 7.36. The van der Waals surface area contributed by atoms with E-state index in [4.69, 9.17) is 4.42 Å². The average Bonchev–Trinajstić information content (AvgIpc) is 2.95. The Morgan fingerprint density at radius 3 is 2.95 bits per heavy atom. The second kappa shape index (κ2) is 6.21. The Morgan fingerprint density at radius 1 is 1.58 bits per heavy atom. The smallest absolute Gasteiger partial charge is 0.317 e. The number of aryl methyl sites for hydroxylation is 1. The minimum absolute atomic E-state index is 0.154. The molecule has 0 unspecified atom stereocenters. The van der Waals surface area contributed by atoms with Crippen LogP contribution >= 0.6 is 27.3 Å². The Balaban J connectivity index is 1.82. The summed E-state index contributed by atoms with van der Waals surface area (Å²) in [6.45, 7) is 2.81. The summed E-state index contributed by atoms with van der Waals surface area (Å²) in [6, 6.07) is 3.48. The molecule has 19 heavy (non-hydrogen) atoms. The van der Waals surface area contributed by atoms with Crippen molar-refractivity contribution in [2.45, 2.75) is 20.0 Å². The molecule has 0 aliphatic rings. The van der Waals surface area contributed by atoms with Gasteiger partial charge in [-0.2, -0.15) is 0 Å². The van der Waals surface area contributed by atoms with E-state index in [9.17, 15) is 4.79 Å². The van der Waals surface area contributed by atoms with Gasteiger partial charge in [-0.25, -0.2) is 9.78 Å². The van der Waals surface area contributed by atoms with Crippen LogP contribution in [0.4, 0.5) is 4.79 Å². The van der Waals surface area contributed by atoms with Crippen LogP contribution in [0, 0.1) is 6.92 Å². The van der Waals surface area contributed by atoms with Gasteiger partial charge in [0.2, 0.25) is 0 Å². The summed E-state index contributed by atoms with van der Waals surface area (Å²) >= 11 is 4.80. The lowest BCUT2D eigenvalue weighted by atomic mass is 10.4. The molecular weight excluding hydrogens is 330 g/mol. The van der Waals surface area contributed by atoms with Crippen molar-refractivity contribution in [3.05, 3.63) is 38.6 Å². The second-order valence-corrected chi connectivity index (χ2v) is 5.92. The molecule has 2 rings (SSSR count). The topological polar surface area (TPSA) is 58.4 Å². The molecule has 0 saturated carbocycles. The van der Waals surface area contributed by atoms with E-state index in [-0.39, 0.29) is 6.03 Å². The first-order chi connectivity index (χ1) is 9.04. The van der Waals surface area contributed by atoms with Crippen molar-refractivity contribution < 1.29 is 9.21 Å². The molecular formula is C12H14BrN3O2S. The third-order valence-electron chi connectivity index (χ3n) is 2.46. The lowest BCUT2D eigenvalue weighted by molar-refractivity contribution is 0.202. The monoisotopic (exact) mass is 343 g/mol. The molecule has 2 aromatic heterocycles. The zero-order valence-electron chi connectivity index (χ0n) is 10.6. The molecule has 0 radical (unpaired) electrons. The van der Waals surface area contributed by atoms with E-state index in [0.29, 0.717) is 17.8 Å². The van der Waals surface area contributed by atoms with Crippen LogP contribution in [0.5, 0.6) is 0 Å². The average molecular weight is 344 g/mol. The van der Waals surface area contributed by atoms with Gasteiger partial charge < -0.3 is 14.6 Å². The van der Waals surface area contributed by atoms with Gasteiger partial charge in [0.15, 0.2) is 4.67 Å². The van der Waals surface area contributed by atoms with Crippen molar-refractivity contribution in [3.8, 4) is 0 Å². The zero-order chi connectivity index (χ0) is 13.8. The molecule has 5 nitrogen and oxygen atoms in total. The van der Waals surface area contributed by atoms with Crippen molar-refractivity contribution >= 4 is 33.3 Å². The highest BCUT2D eigenvalue weighted by atomic mass is 79.9. The Kier molecular flexibility index (Phi) is 4.60. The van der Waals surface area contributed by atoms with Gasteiger partial charge in [0.25, 0.3) is 0 Å². The lowest BCUT2D eigenvalue weighted by Crippen LogP contribution is -2.36. The van der Waals surface area contributed by atoms with Crippen molar-refractivity contribution in [3.63, 3.8) is 0 Å². The number of carbonyl (C=O) groups excluding carboxylic acids is 1. The summed E-state index contributed by atoms with van der Waals surface area (Å²) in [4.78, 5) is 17.7. The maximum absolute atomic E-state index is 11.9. The molecule has 2 heterocycles. The summed E-state index contributed by atoms with van der Waals surface area (Å²) in [5, 5.41) is 5.76. The molecule has 0 aliphatic carbocycles. The zero-order valence-corrected chi connectivity index (χ0v) is 13.0. The van der Waals surface area contributed by atoms with Crippen molar-refractivity contribution in [1.29, 1.82) is 0 Å². The molecule has 0 fully saturated rings. The van der Waals surface area contributed by atoms with Crippen LogP contribution in [-0.2, 0) is 13.1 Å².